The topological polar surface area (TPSA) is 163 Å². The maximum absolute atomic E-state index is 13.9. The summed E-state index contributed by atoms with van der Waals surface area (Å²) in [4.78, 5) is 23.5. The molecule has 0 aliphatic heterocycles. The molecule has 2 saturated carbocycles. The van der Waals surface area contributed by atoms with Crippen molar-refractivity contribution in [3.8, 4) is 0 Å². The fraction of sp³-hybridized carbons (Fsp3) is 0.577. The highest BCUT2D eigenvalue weighted by Crippen LogP contribution is 2.48. The van der Waals surface area contributed by atoms with Gasteiger partial charge in [-0.15, -0.1) is 0 Å². The van der Waals surface area contributed by atoms with Crippen LogP contribution in [0, 0.1) is 18.6 Å². The van der Waals surface area contributed by atoms with E-state index in [0.29, 0.717) is 12.0 Å². The number of aliphatic hydroxyl groups is 3. The van der Waals surface area contributed by atoms with Crippen LogP contribution in [0.2, 0.25) is 0 Å². The molecule has 13 heteroatoms. The molecule has 1 heterocycles. The number of aromatic nitrogens is 2. The molecule has 1 aromatic carbocycles. The van der Waals surface area contributed by atoms with Crippen molar-refractivity contribution in [2.24, 2.45) is 0 Å². The van der Waals surface area contributed by atoms with Crippen LogP contribution in [0.1, 0.15) is 50.9 Å². The molecule has 1 amide bonds. The summed E-state index contributed by atoms with van der Waals surface area (Å²) in [5.41, 5.74) is 6.15. The first-order valence-corrected chi connectivity index (χ1v) is 12.8. The van der Waals surface area contributed by atoms with Gasteiger partial charge in [0.25, 0.3) is 0 Å². The SMILES string of the molecule is Cc1nc(N[C@@H]2C[C@H](OCCO)[C@@H](O)[C@H]2O)c(N)c(N(C(=O)OC(C)(C)C)[C@@H]2C[C@H]2c2ccc(F)c(F)c2)n1. The Morgan fingerprint density at radius 1 is 1.18 bits per heavy atom. The van der Waals surface area contributed by atoms with Gasteiger partial charge in [-0.25, -0.2) is 23.5 Å². The van der Waals surface area contributed by atoms with Gasteiger partial charge >= 0.3 is 6.09 Å². The lowest BCUT2D eigenvalue weighted by atomic mass is 10.1. The van der Waals surface area contributed by atoms with E-state index in [4.69, 9.17) is 20.3 Å². The highest BCUT2D eigenvalue weighted by Gasteiger charge is 2.49. The quantitative estimate of drug-likeness (QED) is 0.329. The molecule has 2 fully saturated rings. The number of hydrogen-bond donors (Lipinski definition) is 5. The van der Waals surface area contributed by atoms with Crippen molar-refractivity contribution in [1.82, 2.24) is 9.97 Å². The van der Waals surface area contributed by atoms with Gasteiger partial charge < -0.3 is 35.8 Å². The number of hydrogen-bond acceptors (Lipinski definition) is 10. The maximum atomic E-state index is 13.9. The summed E-state index contributed by atoms with van der Waals surface area (Å²) in [7, 11) is 0. The second-order valence-electron chi connectivity index (χ2n) is 10.9. The van der Waals surface area contributed by atoms with Crippen LogP contribution < -0.4 is 16.0 Å². The number of aryl methyl sites for hydroxylation is 1. The van der Waals surface area contributed by atoms with Crippen molar-refractivity contribution in [3.63, 3.8) is 0 Å². The monoisotopic (exact) mass is 551 g/mol. The average molecular weight is 552 g/mol. The van der Waals surface area contributed by atoms with E-state index >= 15 is 0 Å². The van der Waals surface area contributed by atoms with Gasteiger partial charge in [-0.2, -0.15) is 0 Å². The highest BCUT2D eigenvalue weighted by atomic mass is 19.2. The number of anilines is 3. The van der Waals surface area contributed by atoms with Crippen LogP contribution in [0.3, 0.4) is 0 Å². The fourth-order valence-corrected chi connectivity index (χ4v) is 4.80. The van der Waals surface area contributed by atoms with E-state index in [-0.39, 0.29) is 48.7 Å². The zero-order valence-electron chi connectivity index (χ0n) is 22.3. The van der Waals surface area contributed by atoms with E-state index in [1.165, 1.54) is 11.0 Å². The van der Waals surface area contributed by atoms with Crippen molar-refractivity contribution in [1.29, 1.82) is 0 Å². The number of nitrogens with one attached hydrogen (secondary N) is 1. The molecule has 1 aromatic heterocycles. The summed E-state index contributed by atoms with van der Waals surface area (Å²) in [5.74, 6) is -1.79. The zero-order valence-corrected chi connectivity index (χ0v) is 22.3. The van der Waals surface area contributed by atoms with Crippen LogP contribution >= 0.6 is 0 Å². The smallest absolute Gasteiger partial charge is 0.416 e. The largest absolute Gasteiger partial charge is 0.443 e. The number of rotatable bonds is 8. The predicted molar refractivity (Wildman–Crippen MR) is 138 cm³/mol. The van der Waals surface area contributed by atoms with Gasteiger partial charge in [-0.05, 0) is 58.2 Å². The third kappa shape index (κ3) is 6.38. The standard InChI is InChI=1S/C26H35F2N5O6/c1-12-30-23(32-17-11-19(38-8-7-34)22(36)21(17)35)20(29)24(31-12)33(25(37)39-26(2,3)4)18-10-14(18)13-5-6-15(27)16(28)9-13/h5-6,9,14,17-19,21-22,34-36H,7-8,10-11,29H2,1-4H3,(H,30,31,32)/t14-,17+,18+,19-,21-,22+/m0/s1. The van der Waals surface area contributed by atoms with Gasteiger partial charge in [0.2, 0.25) is 0 Å². The molecule has 0 unspecified atom stereocenters. The molecule has 0 saturated heterocycles. The average Bonchev–Trinajstić information content (AvgIpc) is 3.58. The lowest BCUT2D eigenvalue weighted by molar-refractivity contribution is -0.0612. The lowest BCUT2D eigenvalue weighted by Gasteiger charge is -2.29. The Kier molecular flexibility index (Phi) is 8.26. The molecular formula is C26H35F2N5O6. The molecule has 0 bridgehead atoms. The summed E-state index contributed by atoms with van der Waals surface area (Å²) in [6.07, 6.45) is -3.20. The summed E-state index contributed by atoms with van der Waals surface area (Å²) in [6, 6.07) is 2.43. The minimum absolute atomic E-state index is 0.00353. The molecule has 214 valence electrons. The van der Waals surface area contributed by atoms with E-state index in [2.05, 4.69) is 15.3 Å². The van der Waals surface area contributed by atoms with E-state index in [9.17, 15) is 23.8 Å². The van der Waals surface area contributed by atoms with E-state index in [1.54, 1.807) is 27.7 Å². The minimum Gasteiger partial charge on any atom is -0.443 e. The van der Waals surface area contributed by atoms with Crippen LogP contribution in [0.25, 0.3) is 0 Å². The molecule has 39 heavy (non-hydrogen) atoms. The highest BCUT2D eigenvalue weighted by molar-refractivity contribution is 5.94. The van der Waals surface area contributed by atoms with Crippen molar-refractivity contribution >= 4 is 23.4 Å². The Hall–Kier alpha value is -3.13. The number of carbonyl (C=O) groups excluding carboxylic acids is 1. The molecule has 4 rings (SSSR count). The summed E-state index contributed by atoms with van der Waals surface area (Å²) < 4.78 is 38.5. The van der Waals surface area contributed by atoms with Crippen molar-refractivity contribution < 1.29 is 38.4 Å². The number of halogens is 2. The minimum atomic E-state index is -1.21. The van der Waals surface area contributed by atoms with Gasteiger partial charge in [-0.3, -0.25) is 4.90 Å². The molecule has 2 aliphatic rings. The molecule has 0 radical (unpaired) electrons. The molecular weight excluding hydrogens is 516 g/mol. The Balaban J connectivity index is 1.65. The summed E-state index contributed by atoms with van der Waals surface area (Å²) in [5, 5.41) is 33.0. The second kappa shape index (κ2) is 11.2. The molecule has 2 aromatic rings. The van der Waals surface area contributed by atoms with E-state index < -0.39 is 53.7 Å². The fourth-order valence-electron chi connectivity index (χ4n) is 4.80. The molecule has 6 N–H and O–H groups in total. The van der Waals surface area contributed by atoms with E-state index in [1.807, 2.05) is 0 Å². The van der Waals surface area contributed by atoms with Crippen molar-refractivity contribution in [2.45, 2.75) is 82.5 Å². The second-order valence-corrected chi connectivity index (χ2v) is 10.9. The summed E-state index contributed by atoms with van der Waals surface area (Å²) in [6.45, 7) is 6.52. The number of nitrogens with two attached hydrogens (primary N) is 1. The van der Waals surface area contributed by atoms with Crippen LogP contribution in [0.5, 0.6) is 0 Å². The Labute approximate surface area is 225 Å². The van der Waals surface area contributed by atoms with Crippen LogP contribution in [0.15, 0.2) is 18.2 Å². The number of nitrogen functional groups attached to an aromatic ring is 1. The van der Waals surface area contributed by atoms with Crippen LogP contribution in [-0.2, 0) is 9.47 Å². The van der Waals surface area contributed by atoms with Gasteiger partial charge in [0, 0.05) is 12.0 Å². The van der Waals surface area contributed by atoms with Crippen molar-refractivity contribution in [3.05, 3.63) is 41.2 Å². The number of nitrogens with zero attached hydrogens (tertiary/aromatic N) is 3. The molecule has 6 atom stereocenters. The normalized spacial score (nSPS) is 26.4. The molecule has 2 aliphatic carbocycles. The Bertz CT molecular complexity index is 1210. The number of aliphatic hydroxyl groups excluding tert-OH is 3. The Morgan fingerprint density at radius 3 is 2.54 bits per heavy atom. The Morgan fingerprint density at radius 2 is 1.90 bits per heavy atom. The van der Waals surface area contributed by atoms with E-state index in [0.717, 1.165) is 12.1 Å². The first-order valence-electron chi connectivity index (χ1n) is 12.8. The maximum Gasteiger partial charge on any atom is 0.416 e. The van der Waals surface area contributed by atoms with Crippen LogP contribution in [0.4, 0.5) is 30.9 Å². The zero-order chi connectivity index (χ0) is 28.6. The van der Waals surface area contributed by atoms with Gasteiger partial charge in [-0.1, -0.05) is 6.07 Å². The third-order valence-electron chi connectivity index (χ3n) is 6.69. The molecule has 0 spiro atoms. The van der Waals surface area contributed by atoms with Crippen molar-refractivity contribution in [2.75, 3.05) is 29.2 Å². The first-order chi connectivity index (χ1) is 18.3. The number of carbonyl (C=O) groups is 1. The van der Waals surface area contributed by atoms with Gasteiger partial charge in [0.1, 0.15) is 29.3 Å². The predicted octanol–water partition coefficient (Wildman–Crippen LogP) is 2.23. The number of amides is 1. The number of benzene rings is 1. The summed E-state index contributed by atoms with van der Waals surface area (Å²) >= 11 is 0. The van der Waals surface area contributed by atoms with Crippen LogP contribution in [-0.4, -0.2) is 80.6 Å². The first kappa shape index (κ1) is 28.9. The lowest BCUT2D eigenvalue weighted by Crippen LogP contribution is -2.40. The van der Waals surface area contributed by atoms with Gasteiger partial charge in [0.15, 0.2) is 23.3 Å². The molecule has 11 nitrogen and oxygen atoms in total. The van der Waals surface area contributed by atoms with Gasteiger partial charge in [0.05, 0.1) is 25.4 Å². The number of ether oxygens (including phenoxy) is 2. The third-order valence-corrected chi connectivity index (χ3v) is 6.69.